The predicted molar refractivity (Wildman–Crippen MR) is 128 cm³/mol. The van der Waals surface area contributed by atoms with Gasteiger partial charge < -0.3 is 9.30 Å². The molecule has 1 aliphatic rings. The summed E-state index contributed by atoms with van der Waals surface area (Å²) in [5.41, 5.74) is 2.92. The van der Waals surface area contributed by atoms with Crippen LogP contribution in [0.5, 0.6) is 5.75 Å². The average Bonchev–Trinajstić information content (AvgIpc) is 3.40. The number of nitrogens with one attached hydrogen (secondary N) is 1. The molecule has 0 bridgehead atoms. The second-order valence-electron chi connectivity index (χ2n) is 7.89. The molecule has 2 amide bonds. The number of nitrogens with zero attached hydrogens (tertiary/aromatic N) is 4. The highest BCUT2D eigenvalue weighted by Gasteiger charge is 2.35. The Labute approximate surface area is 194 Å². The molecule has 8 nitrogen and oxygen atoms in total. The molecule has 4 aromatic rings. The molecular formula is C24H23N5O3S. The molecular weight excluding hydrogens is 438 g/mol. The van der Waals surface area contributed by atoms with E-state index in [0.29, 0.717) is 29.4 Å². The zero-order valence-electron chi connectivity index (χ0n) is 18.3. The van der Waals surface area contributed by atoms with Crippen molar-refractivity contribution in [1.29, 1.82) is 0 Å². The minimum Gasteiger partial charge on any atom is -0.482 e. The minimum absolute atomic E-state index is 0.0885. The number of amides is 2. The molecule has 1 atom stereocenters. The number of benzene rings is 2. The molecule has 1 aliphatic heterocycles. The molecule has 9 heteroatoms. The number of fused-ring (bicyclic) bond motifs is 2. The average molecular weight is 462 g/mol. The van der Waals surface area contributed by atoms with Crippen LogP contribution in [0.15, 0.2) is 54.7 Å². The lowest BCUT2D eigenvalue weighted by Gasteiger charge is -2.34. The highest BCUT2D eigenvalue weighted by molar-refractivity contribution is 7.15. The molecule has 0 unspecified atom stereocenters. The van der Waals surface area contributed by atoms with E-state index in [1.54, 1.807) is 12.1 Å². The Morgan fingerprint density at radius 3 is 2.82 bits per heavy atom. The van der Waals surface area contributed by atoms with E-state index in [-0.39, 0.29) is 18.4 Å². The Hall–Kier alpha value is -3.72. The molecule has 5 rings (SSSR count). The van der Waals surface area contributed by atoms with Crippen molar-refractivity contribution >= 4 is 44.9 Å². The quantitative estimate of drug-likeness (QED) is 0.472. The van der Waals surface area contributed by atoms with E-state index in [1.807, 2.05) is 38.2 Å². The summed E-state index contributed by atoms with van der Waals surface area (Å²) in [6.45, 7) is 1.79. The first-order valence-electron chi connectivity index (χ1n) is 10.7. The first-order chi connectivity index (χ1) is 16.0. The number of carbonyl (C=O) groups excluding carboxylic acids is 2. The molecule has 3 heterocycles. The van der Waals surface area contributed by atoms with Gasteiger partial charge in [0.1, 0.15) is 16.8 Å². The van der Waals surface area contributed by atoms with Crippen LogP contribution >= 0.6 is 11.3 Å². The monoisotopic (exact) mass is 461 g/mol. The summed E-state index contributed by atoms with van der Waals surface area (Å²) >= 11 is 1.34. The molecule has 0 aliphatic carbocycles. The SMILES string of the molecule is CC[C@@H](C(=O)Nc1nnc(Cc2cn(C)c3ccccc23)s1)N1C(=O)COc2ccccc21. The van der Waals surface area contributed by atoms with Crippen LogP contribution in [0.3, 0.4) is 0 Å². The summed E-state index contributed by atoms with van der Waals surface area (Å²) in [7, 11) is 2.02. The van der Waals surface area contributed by atoms with Crippen LogP contribution in [-0.2, 0) is 23.1 Å². The number of hydrogen-bond acceptors (Lipinski definition) is 6. The number of aromatic nitrogens is 3. The third-order valence-electron chi connectivity index (χ3n) is 5.76. The van der Waals surface area contributed by atoms with Gasteiger partial charge in [-0.2, -0.15) is 0 Å². The van der Waals surface area contributed by atoms with Crippen molar-refractivity contribution in [1.82, 2.24) is 14.8 Å². The largest absolute Gasteiger partial charge is 0.482 e. The summed E-state index contributed by atoms with van der Waals surface area (Å²) < 4.78 is 7.60. The smallest absolute Gasteiger partial charge is 0.265 e. The summed E-state index contributed by atoms with van der Waals surface area (Å²) in [5, 5.41) is 13.7. The first-order valence-corrected chi connectivity index (χ1v) is 11.6. The third kappa shape index (κ3) is 3.95. The lowest BCUT2D eigenvalue weighted by atomic mass is 10.1. The number of rotatable bonds is 6. The Morgan fingerprint density at radius 2 is 1.97 bits per heavy atom. The molecule has 2 aromatic carbocycles. The third-order valence-corrected chi connectivity index (χ3v) is 6.60. The van der Waals surface area contributed by atoms with E-state index in [2.05, 4.69) is 38.4 Å². The second kappa shape index (κ2) is 8.67. The van der Waals surface area contributed by atoms with E-state index in [4.69, 9.17) is 4.74 Å². The second-order valence-corrected chi connectivity index (χ2v) is 8.96. The van der Waals surface area contributed by atoms with Gasteiger partial charge in [0.05, 0.1) is 5.69 Å². The van der Waals surface area contributed by atoms with E-state index in [9.17, 15) is 9.59 Å². The van der Waals surface area contributed by atoms with E-state index < -0.39 is 6.04 Å². The summed E-state index contributed by atoms with van der Waals surface area (Å²) in [6, 6.07) is 14.8. The molecule has 0 fully saturated rings. The molecule has 0 saturated carbocycles. The van der Waals surface area contributed by atoms with E-state index in [1.165, 1.54) is 21.6 Å². The first kappa shape index (κ1) is 21.1. The fraction of sp³-hybridized carbons (Fsp3) is 0.250. The van der Waals surface area contributed by atoms with Crippen molar-refractivity contribution in [3.05, 3.63) is 65.3 Å². The lowest BCUT2D eigenvalue weighted by molar-refractivity contribution is -0.125. The molecule has 168 valence electrons. The van der Waals surface area contributed by atoms with Crippen molar-refractivity contribution < 1.29 is 14.3 Å². The standard InChI is InChI=1S/C24H23N5O3S/c1-3-17(29-19-10-6-7-11-20(19)32-14-22(29)30)23(31)25-24-27-26-21(33-24)12-15-13-28(2)18-9-5-4-8-16(15)18/h4-11,13,17H,3,12,14H2,1-2H3,(H,25,27,31)/t17-/m0/s1. The van der Waals surface area contributed by atoms with Gasteiger partial charge >= 0.3 is 0 Å². The van der Waals surface area contributed by atoms with Gasteiger partial charge in [-0.3, -0.25) is 19.8 Å². The predicted octanol–water partition coefficient (Wildman–Crippen LogP) is 3.76. The van der Waals surface area contributed by atoms with Crippen LogP contribution in [-0.4, -0.2) is 39.2 Å². The van der Waals surface area contributed by atoms with Gasteiger partial charge in [0.2, 0.25) is 11.0 Å². The van der Waals surface area contributed by atoms with Crippen molar-refractivity contribution in [2.24, 2.45) is 7.05 Å². The minimum atomic E-state index is -0.673. The van der Waals surface area contributed by atoms with Gasteiger partial charge in [0, 0.05) is 30.6 Å². The van der Waals surface area contributed by atoms with Crippen LogP contribution in [0, 0.1) is 0 Å². The van der Waals surface area contributed by atoms with Gasteiger partial charge in [-0.1, -0.05) is 48.6 Å². The fourth-order valence-electron chi connectivity index (χ4n) is 4.24. The molecule has 0 radical (unpaired) electrons. The lowest BCUT2D eigenvalue weighted by Crippen LogP contribution is -2.51. The van der Waals surface area contributed by atoms with E-state index >= 15 is 0 Å². The Kier molecular flexibility index (Phi) is 5.55. The molecule has 2 aromatic heterocycles. The zero-order chi connectivity index (χ0) is 22.9. The number of anilines is 2. The zero-order valence-corrected chi connectivity index (χ0v) is 19.1. The van der Waals surface area contributed by atoms with Crippen LogP contribution in [0.4, 0.5) is 10.8 Å². The van der Waals surface area contributed by atoms with Gasteiger partial charge in [0.25, 0.3) is 5.91 Å². The number of ether oxygens (including phenoxy) is 1. The highest BCUT2D eigenvalue weighted by Crippen LogP contribution is 2.34. The van der Waals surface area contributed by atoms with Gasteiger partial charge in [-0.15, -0.1) is 10.2 Å². The molecule has 1 N–H and O–H groups in total. The summed E-state index contributed by atoms with van der Waals surface area (Å²) in [6.07, 6.45) is 3.17. The maximum absolute atomic E-state index is 13.1. The Bertz CT molecular complexity index is 1340. The Morgan fingerprint density at radius 1 is 1.18 bits per heavy atom. The van der Waals surface area contributed by atoms with E-state index in [0.717, 1.165) is 16.1 Å². The summed E-state index contributed by atoms with van der Waals surface area (Å²) in [4.78, 5) is 27.3. The topological polar surface area (TPSA) is 89.4 Å². The maximum Gasteiger partial charge on any atom is 0.265 e. The molecule has 33 heavy (non-hydrogen) atoms. The number of aryl methyl sites for hydroxylation is 1. The molecule has 0 spiro atoms. The summed E-state index contributed by atoms with van der Waals surface area (Å²) in [5.74, 6) is 0.0525. The number of hydrogen-bond donors (Lipinski definition) is 1. The van der Waals surface area contributed by atoms with Crippen molar-refractivity contribution in [3.63, 3.8) is 0 Å². The van der Waals surface area contributed by atoms with Gasteiger partial charge in [-0.05, 0) is 30.2 Å². The van der Waals surface area contributed by atoms with Crippen molar-refractivity contribution in [3.8, 4) is 5.75 Å². The maximum atomic E-state index is 13.1. The van der Waals surface area contributed by atoms with Gasteiger partial charge in [0.15, 0.2) is 6.61 Å². The normalized spacial score (nSPS) is 14.1. The van der Waals surface area contributed by atoms with Crippen LogP contribution in [0.25, 0.3) is 10.9 Å². The fourth-order valence-corrected chi connectivity index (χ4v) is 5.01. The number of para-hydroxylation sites is 3. The van der Waals surface area contributed by atoms with Crippen LogP contribution in [0.1, 0.15) is 23.9 Å². The highest BCUT2D eigenvalue weighted by atomic mass is 32.1. The van der Waals surface area contributed by atoms with Crippen molar-refractivity contribution in [2.75, 3.05) is 16.8 Å². The van der Waals surface area contributed by atoms with Gasteiger partial charge in [-0.25, -0.2) is 0 Å². The van der Waals surface area contributed by atoms with Crippen molar-refractivity contribution in [2.45, 2.75) is 25.8 Å². The van der Waals surface area contributed by atoms with Crippen LogP contribution in [0.2, 0.25) is 0 Å². The number of carbonyl (C=O) groups is 2. The molecule has 0 saturated heterocycles. The van der Waals surface area contributed by atoms with Crippen LogP contribution < -0.4 is 15.0 Å². The Balaban J connectivity index is 1.34.